The normalized spacial score (nSPS) is 27.8. The quantitative estimate of drug-likeness (QED) is 0.883. The number of hydrogen-bond acceptors (Lipinski definition) is 4. The lowest BCUT2D eigenvalue weighted by atomic mass is 9.90. The highest BCUT2D eigenvalue weighted by molar-refractivity contribution is 5.28. The summed E-state index contributed by atoms with van der Waals surface area (Å²) >= 11 is 0. The number of likely N-dealkylation sites (tertiary alicyclic amines) is 1. The van der Waals surface area contributed by atoms with E-state index in [1.807, 2.05) is 11.0 Å². The molecule has 2 N–H and O–H groups in total. The molecule has 1 aromatic rings. The number of halogens is 2. The Labute approximate surface area is 116 Å². The number of piperidine rings is 1. The average molecular weight is 287 g/mol. The minimum atomic E-state index is -2.84. The molecule has 0 radical (unpaired) electrons. The van der Waals surface area contributed by atoms with Crippen LogP contribution in [0.3, 0.4) is 0 Å². The molecule has 0 aromatic heterocycles. The summed E-state index contributed by atoms with van der Waals surface area (Å²) in [6.07, 6.45) is -0.335. The van der Waals surface area contributed by atoms with Crippen molar-refractivity contribution in [1.29, 1.82) is 0 Å². The fourth-order valence-electron chi connectivity index (χ4n) is 2.31. The molecular weight excluding hydrogens is 268 g/mol. The van der Waals surface area contributed by atoms with Crippen LogP contribution >= 0.6 is 0 Å². The molecule has 6 heteroatoms. The number of nitrogens with zero attached hydrogens (tertiary/aromatic N) is 1. The molecule has 0 spiro atoms. The predicted molar refractivity (Wildman–Crippen MR) is 69.6 cm³/mol. The van der Waals surface area contributed by atoms with Gasteiger partial charge in [0, 0.05) is 19.6 Å². The van der Waals surface area contributed by atoms with Crippen molar-refractivity contribution in [2.45, 2.75) is 38.2 Å². The number of β-amino-alcohol motifs (C(OH)–C–C–N with tert-alkyl or cyclic N) is 1. The van der Waals surface area contributed by atoms with Crippen molar-refractivity contribution in [1.82, 2.24) is 4.90 Å². The van der Waals surface area contributed by atoms with Crippen molar-refractivity contribution in [2.75, 3.05) is 13.1 Å². The van der Waals surface area contributed by atoms with Crippen molar-refractivity contribution in [2.24, 2.45) is 0 Å². The van der Waals surface area contributed by atoms with E-state index in [2.05, 4.69) is 4.74 Å². The monoisotopic (exact) mass is 287 g/mol. The molecule has 1 aromatic carbocycles. The molecule has 4 nitrogen and oxygen atoms in total. The number of alkyl halides is 2. The molecule has 2 rings (SSSR count). The third-order valence-electron chi connectivity index (χ3n) is 3.61. The van der Waals surface area contributed by atoms with Crippen LogP contribution in [0, 0.1) is 0 Å². The first-order valence-corrected chi connectivity index (χ1v) is 6.53. The zero-order valence-corrected chi connectivity index (χ0v) is 11.3. The summed E-state index contributed by atoms with van der Waals surface area (Å²) in [5.41, 5.74) is -0.228. The summed E-state index contributed by atoms with van der Waals surface area (Å²) in [7, 11) is 0. The van der Waals surface area contributed by atoms with Crippen molar-refractivity contribution in [3.8, 4) is 5.75 Å². The predicted octanol–water partition coefficient (Wildman–Crippen LogP) is 1.61. The topological polar surface area (TPSA) is 52.9 Å². The second-order valence-electron chi connectivity index (χ2n) is 5.38. The van der Waals surface area contributed by atoms with Gasteiger partial charge in [-0.1, -0.05) is 12.1 Å². The third-order valence-corrected chi connectivity index (χ3v) is 3.61. The van der Waals surface area contributed by atoms with Gasteiger partial charge in [-0.3, -0.25) is 4.90 Å². The second kappa shape index (κ2) is 6.03. The Kier molecular flexibility index (Phi) is 4.57. The van der Waals surface area contributed by atoms with Gasteiger partial charge < -0.3 is 14.9 Å². The Morgan fingerprint density at radius 2 is 2.25 bits per heavy atom. The molecule has 2 atom stereocenters. The zero-order chi connectivity index (χ0) is 14.8. The van der Waals surface area contributed by atoms with Crippen LogP contribution in [0.1, 0.15) is 18.9 Å². The average Bonchev–Trinajstić information content (AvgIpc) is 2.34. The molecular formula is C14H19F2NO3. The molecule has 1 heterocycles. The van der Waals surface area contributed by atoms with Gasteiger partial charge in [-0.05, 0) is 31.0 Å². The molecule has 0 saturated carbocycles. The van der Waals surface area contributed by atoms with Gasteiger partial charge >= 0.3 is 6.61 Å². The molecule has 0 amide bonds. The maximum atomic E-state index is 12.2. The SMILES string of the molecule is CC1(O)CCN(Cc2cccc(OC(F)F)c2)CC1O. The van der Waals surface area contributed by atoms with Gasteiger partial charge in [-0.25, -0.2) is 0 Å². The second-order valence-corrected chi connectivity index (χ2v) is 5.38. The maximum Gasteiger partial charge on any atom is 0.387 e. The standard InChI is InChI=1S/C14H19F2NO3/c1-14(19)5-6-17(9-12(14)18)8-10-3-2-4-11(7-10)20-13(15)16/h2-4,7,12-13,18-19H,5-6,8-9H2,1H3. The van der Waals surface area contributed by atoms with E-state index in [1.165, 1.54) is 6.07 Å². The van der Waals surface area contributed by atoms with Crippen LogP contribution in [0.2, 0.25) is 0 Å². The summed E-state index contributed by atoms with van der Waals surface area (Å²) in [6, 6.07) is 6.51. The van der Waals surface area contributed by atoms with Crippen LogP contribution in [0.4, 0.5) is 8.78 Å². The number of rotatable bonds is 4. The van der Waals surface area contributed by atoms with Crippen LogP contribution in [-0.4, -0.2) is 46.5 Å². The largest absolute Gasteiger partial charge is 0.435 e. The Balaban J connectivity index is 1.97. The smallest absolute Gasteiger partial charge is 0.387 e. The van der Waals surface area contributed by atoms with E-state index in [-0.39, 0.29) is 5.75 Å². The van der Waals surface area contributed by atoms with Crippen LogP contribution in [0.15, 0.2) is 24.3 Å². The van der Waals surface area contributed by atoms with Gasteiger partial charge in [0.2, 0.25) is 0 Å². The van der Waals surface area contributed by atoms with Crippen LogP contribution in [-0.2, 0) is 6.54 Å². The highest BCUT2D eigenvalue weighted by atomic mass is 19.3. The van der Waals surface area contributed by atoms with Gasteiger partial charge in [0.05, 0.1) is 11.7 Å². The fraction of sp³-hybridized carbons (Fsp3) is 0.571. The molecule has 1 fully saturated rings. The summed E-state index contributed by atoms with van der Waals surface area (Å²) in [5.74, 6) is 0.127. The Morgan fingerprint density at radius 3 is 2.90 bits per heavy atom. The molecule has 0 bridgehead atoms. The first kappa shape index (κ1) is 15.2. The van der Waals surface area contributed by atoms with E-state index in [9.17, 15) is 19.0 Å². The lowest BCUT2D eigenvalue weighted by Crippen LogP contribution is -2.53. The summed E-state index contributed by atoms with van der Waals surface area (Å²) in [4.78, 5) is 1.98. The summed E-state index contributed by atoms with van der Waals surface area (Å²) < 4.78 is 28.7. The van der Waals surface area contributed by atoms with E-state index in [0.29, 0.717) is 26.1 Å². The van der Waals surface area contributed by atoms with E-state index >= 15 is 0 Å². The number of hydrogen-bond donors (Lipinski definition) is 2. The van der Waals surface area contributed by atoms with E-state index < -0.39 is 18.3 Å². The van der Waals surface area contributed by atoms with Gasteiger partial charge in [0.25, 0.3) is 0 Å². The lowest BCUT2D eigenvalue weighted by Gasteiger charge is -2.39. The van der Waals surface area contributed by atoms with E-state index in [4.69, 9.17) is 0 Å². The molecule has 0 aliphatic carbocycles. The molecule has 1 aliphatic rings. The van der Waals surface area contributed by atoms with Crippen LogP contribution in [0.25, 0.3) is 0 Å². The molecule has 1 aliphatic heterocycles. The number of aliphatic hydroxyl groups is 2. The zero-order valence-electron chi connectivity index (χ0n) is 11.3. The molecule has 1 saturated heterocycles. The Morgan fingerprint density at radius 1 is 1.50 bits per heavy atom. The van der Waals surface area contributed by atoms with Crippen molar-refractivity contribution >= 4 is 0 Å². The highest BCUT2D eigenvalue weighted by Crippen LogP contribution is 2.24. The minimum absolute atomic E-state index is 0.127. The van der Waals surface area contributed by atoms with Gasteiger partial charge in [-0.15, -0.1) is 0 Å². The van der Waals surface area contributed by atoms with Gasteiger partial charge in [-0.2, -0.15) is 8.78 Å². The maximum absolute atomic E-state index is 12.2. The summed E-state index contributed by atoms with van der Waals surface area (Å²) in [6.45, 7) is 0.300. The molecule has 112 valence electrons. The third kappa shape index (κ3) is 3.88. The van der Waals surface area contributed by atoms with Crippen molar-refractivity contribution < 1.29 is 23.7 Å². The lowest BCUT2D eigenvalue weighted by molar-refractivity contribution is -0.108. The number of ether oxygens (including phenoxy) is 1. The van der Waals surface area contributed by atoms with E-state index in [1.54, 1.807) is 19.1 Å². The Bertz CT molecular complexity index is 454. The van der Waals surface area contributed by atoms with Crippen LogP contribution < -0.4 is 4.74 Å². The number of benzene rings is 1. The Hall–Kier alpha value is -1.24. The van der Waals surface area contributed by atoms with Crippen molar-refractivity contribution in [3.63, 3.8) is 0 Å². The van der Waals surface area contributed by atoms with Gasteiger partial charge in [0.15, 0.2) is 0 Å². The van der Waals surface area contributed by atoms with E-state index in [0.717, 1.165) is 5.56 Å². The van der Waals surface area contributed by atoms with Crippen LogP contribution in [0.5, 0.6) is 5.75 Å². The molecule has 20 heavy (non-hydrogen) atoms. The highest BCUT2D eigenvalue weighted by Gasteiger charge is 2.36. The fourth-order valence-corrected chi connectivity index (χ4v) is 2.31. The van der Waals surface area contributed by atoms with Gasteiger partial charge in [0.1, 0.15) is 5.75 Å². The first-order chi connectivity index (χ1) is 9.37. The molecule has 2 unspecified atom stereocenters. The van der Waals surface area contributed by atoms with Crippen molar-refractivity contribution in [3.05, 3.63) is 29.8 Å². The minimum Gasteiger partial charge on any atom is -0.435 e. The number of aliphatic hydroxyl groups excluding tert-OH is 1. The summed E-state index contributed by atoms with van der Waals surface area (Å²) in [5, 5.41) is 19.7. The first-order valence-electron chi connectivity index (χ1n) is 6.53.